The van der Waals surface area contributed by atoms with E-state index in [0.29, 0.717) is 6.04 Å². The second-order valence-corrected chi connectivity index (χ2v) is 3.29. The lowest BCUT2D eigenvalue weighted by atomic mass is 10.2. The molecule has 0 saturated carbocycles. The van der Waals surface area contributed by atoms with Gasteiger partial charge in [0.2, 0.25) is 0 Å². The van der Waals surface area contributed by atoms with Gasteiger partial charge >= 0.3 is 0 Å². The molecule has 0 fully saturated rings. The van der Waals surface area contributed by atoms with Crippen LogP contribution in [-0.2, 0) is 6.42 Å². The molecule has 9 heavy (non-hydrogen) atoms. The Kier molecular flexibility index (Phi) is 2.25. The summed E-state index contributed by atoms with van der Waals surface area (Å²) in [5, 5.41) is 2.08. The zero-order valence-corrected chi connectivity index (χ0v) is 6.32. The number of hydrogen-bond donors (Lipinski definition) is 1. The first-order valence-corrected chi connectivity index (χ1v) is 3.95. The summed E-state index contributed by atoms with van der Waals surface area (Å²) >= 11 is 1.77. The minimum atomic E-state index is 0.295. The molecule has 2 heteroatoms. The second-order valence-electron chi connectivity index (χ2n) is 2.26. The van der Waals surface area contributed by atoms with Gasteiger partial charge in [-0.2, -0.15) is 0 Å². The predicted molar refractivity (Wildman–Crippen MR) is 41.7 cm³/mol. The largest absolute Gasteiger partial charge is 0.328 e. The van der Waals surface area contributed by atoms with E-state index in [4.69, 9.17) is 5.73 Å². The summed E-state index contributed by atoms with van der Waals surface area (Å²) < 4.78 is 0. The maximum Gasteiger partial charge on any atom is 0.00605 e. The molecular formula is C7H11NS. The zero-order valence-electron chi connectivity index (χ0n) is 5.50. The molecule has 1 heterocycles. The molecule has 1 aromatic rings. The topological polar surface area (TPSA) is 26.0 Å². The first-order valence-electron chi connectivity index (χ1n) is 3.07. The number of thiophene rings is 1. The zero-order chi connectivity index (χ0) is 6.69. The highest BCUT2D eigenvalue weighted by Gasteiger charge is 1.96. The van der Waals surface area contributed by atoms with E-state index in [1.165, 1.54) is 4.88 Å². The van der Waals surface area contributed by atoms with Crippen LogP contribution >= 0.6 is 11.3 Å². The van der Waals surface area contributed by atoms with E-state index in [1.807, 2.05) is 6.92 Å². The number of rotatable bonds is 2. The van der Waals surface area contributed by atoms with Gasteiger partial charge in [-0.15, -0.1) is 11.3 Å². The molecular weight excluding hydrogens is 130 g/mol. The van der Waals surface area contributed by atoms with E-state index in [0.717, 1.165) is 6.42 Å². The summed E-state index contributed by atoms with van der Waals surface area (Å²) in [6, 6.07) is 4.47. The van der Waals surface area contributed by atoms with Gasteiger partial charge in [0.05, 0.1) is 0 Å². The Hall–Kier alpha value is -0.340. The van der Waals surface area contributed by atoms with Crippen LogP contribution in [0, 0.1) is 0 Å². The van der Waals surface area contributed by atoms with Crippen molar-refractivity contribution in [2.45, 2.75) is 19.4 Å². The molecule has 0 aliphatic rings. The Labute approximate surface area is 59.5 Å². The highest BCUT2D eigenvalue weighted by Crippen LogP contribution is 2.09. The Morgan fingerprint density at radius 2 is 2.56 bits per heavy atom. The Bertz CT molecular complexity index is 155. The van der Waals surface area contributed by atoms with Gasteiger partial charge < -0.3 is 5.73 Å². The molecule has 1 nitrogen and oxygen atoms in total. The molecule has 50 valence electrons. The van der Waals surface area contributed by atoms with Gasteiger partial charge in [-0.05, 0) is 24.8 Å². The first-order chi connectivity index (χ1) is 4.29. The quantitative estimate of drug-likeness (QED) is 0.665. The second kappa shape index (κ2) is 2.99. The molecule has 1 aromatic heterocycles. The summed E-state index contributed by atoms with van der Waals surface area (Å²) in [5.74, 6) is 0. The average molecular weight is 141 g/mol. The van der Waals surface area contributed by atoms with Crippen LogP contribution < -0.4 is 5.73 Å². The summed E-state index contributed by atoms with van der Waals surface area (Å²) in [6.07, 6.45) is 1.01. The van der Waals surface area contributed by atoms with Crippen molar-refractivity contribution < 1.29 is 0 Å². The SMILES string of the molecule is C[C@H](N)Cc1cccs1. The van der Waals surface area contributed by atoms with Crippen LogP contribution in [0.1, 0.15) is 11.8 Å². The van der Waals surface area contributed by atoms with E-state index < -0.39 is 0 Å². The highest BCUT2D eigenvalue weighted by molar-refractivity contribution is 7.09. The van der Waals surface area contributed by atoms with Gasteiger partial charge in [0.25, 0.3) is 0 Å². The molecule has 0 spiro atoms. The maximum atomic E-state index is 5.59. The standard InChI is InChI=1S/C7H11NS/c1-6(8)5-7-3-2-4-9-7/h2-4,6H,5,8H2,1H3/t6-/m0/s1. The minimum Gasteiger partial charge on any atom is -0.328 e. The van der Waals surface area contributed by atoms with Crippen LogP contribution in [0.4, 0.5) is 0 Å². The first kappa shape index (κ1) is 6.78. The van der Waals surface area contributed by atoms with Crippen LogP contribution in [0.15, 0.2) is 17.5 Å². The molecule has 0 aliphatic heterocycles. The Morgan fingerprint density at radius 1 is 1.78 bits per heavy atom. The lowest BCUT2D eigenvalue weighted by Crippen LogP contribution is -2.16. The van der Waals surface area contributed by atoms with E-state index in [2.05, 4.69) is 17.5 Å². The van der Waals surface area contributed by atoms with E-state index in [1.54, 1.807) is 11.3 Å². The van der Waals surface area contributed by atoms with Crippen LogP contribution in [0.25, 0.3) is 0 Å². The molecule has 0 amide bonds. The van der Waals surface area contributed by atoms with Crippen LogP contribution in [0.5, 0.6) is 0 Å². The van der Waals surface area contributed by atoms with Crippen molar-refractivity contribution in [2.24, 2.45) is 5.73 Å². The molecule has 0 aromatic carbocycles. The molecule has 0 bridgehead atoms. The van der Waals surface area contributed by atoms with Crippen LogP contribution in [-0.4, -0.2) is 6.04 Å². The summed E-state index contributed by atoms with van der Waals surface area (Å²) in [6.45, 7) is 2.03. The van der Waals surface area contributed by atoms with Crippen molar-refractivity contribution in [3.05, 3.63) is 22.4 Å². The molecule has 2 N–H and O–H groups in total. The molecule has 1 rings (SSSR count). The van der Waals surface area contributed by atoms with Crippen molar-refractivity contribution >= 4 is 11.3 Å². The smallest absolute Gasteiger partial charge is 0.00605 e. The summed E-state index contributed by atoms with van der Waals surface area (Å²) in [7, 11) is 0. The van der Waals surface area contributed by atoms with Crippen molar-refractivity contribution in [3.8, 4) is 0 Å². The van der Waals surface area contributed by atoms with Crippen molar-refractivity contribution in [1.82, 2.24) is 0 Å². The maximum absolute atomic E-state index is 5.59. The Balaban J connectivity index is 2.48. The lowest BCUT2D eigenvalue weighted by molar-refractivity contribution is 0.746. The summed E-state index contributed by atoms with van der Waals surface area (Å²) in [4.78, 5) is 1.38. The third kappa shape index (κ3) is 2.16. The van der Waals surface area contributed by atoms with Crippen molar-refractivity contribution in [2.75, 3.05) is 0 Å². The number of nitrogens with two attached hydrogens (primary N) is 1. The van der Waals surface area contributed by atoms with Gasteiger partial charge in [-0.25, -0.2) is 0 Å². The van der Waals surface area contributed by atoms with Crippen LogP contribution in [0.2, 0.25) is 0 Å². The van der Waals surface area contributed by atoms with Gasteiger partial charge in [0.15, 0.2) is 0 Å². The van der Waals surface area contributed by atoms with E-state index >= 15 is 0 Å². The van der Waals surface area contributed by atoms with Crippen molar-refractivity contribution in [3.63, 3.8) is 0 Å². The number of hydrogen-bond acceptors (Lipinski definition) is 2. The summed E-state index contributed by atoms with van der Waals surface area (Å²) in [5.41, 5.74) is 5.59. The third-order valence-electron chi connectivity index (χ3n) is 1.10. The minimum absolute atomic E-state index is 0.295. The Morgan fingerprint density at radius 3 is 3.00 bits per heavy atom. The lowest BCUT2D eigenvalue weighted by Gasteiger charge is -1.99. The van der Waals surface area contributed by atoms with Gasteiger partial charge in [-0.1, -0.05) is 6.07 Å². The fraction of sp³-hybridized carbons (Fsp3) is 0.429. The normalized spacial score (nSPS) is 13.6. The van der Waals surface area contributed by atoms with Gasteiger partial charge in [0.1, 0.15) is 0 Å². The fourth-order valence-electron chi connectivity index (χ4n) is 0.746. The van der Waals surface area contributed by atoms with Crippen LogP contribution in [0.3, 0.4) is 0 Å². The molecule has 0 aliphatic carbocycles. The van der Waals surface area contributed by atoms with E-state index in [9.17, 15) is 0 Å². The predicted octanol–water partition coefficient (Wildman–Crippen LogP) is 1.64. The molecule has 0 saturated heterocycles. The monoisotopic (exact) mass is 141 g/mol. The third-order valence-corrected chi connectivity index (χ3v) is 2.00. The fourth-order valence-corrected chi connectivity index (χ4v) is 1.59. The average Bonchev–Trinajstić information content (AvgIpc) is 2.15. The van der Waals surface area contributed by atoms with E-state index in [-0.39, 0.29) is 0 Å². The molecule has 1 atom stereocenters. The highest BCUT2D eigenvalue weighted by atomic mass is 32.1. The van der Waals surface area contributed by atoms with Crippen molar-refractivity contribution in [1.29, 1.82) is 0 Å². The van der Waals surface area contributed by atoms with Gasteiger partial charge in [-0.3, -0.25) is 0 Å². The molecule has 0 radical (unpaired) electrons. The molecule has 0 unspecified atom stereocenters. The van der Waals surface area contributed by atoms with Gasteiger partial charge in [0, 0.05) is 10.9 Å².